The summed E-state index contributed by atoms with van der Waals surface area (Å²) >= 11 is 0. The second kappa shape index (κ2) is 5.55. The second-order valence-electron chi connectivity index (χ2n) is 3.90. The van der Waals surface area contributed by atoms with Crippen molar-refractivity contribution in [2.75, 3.05) is 20.8 Å². The van der Waals surface area contributed by atoms with Gasteiger partial charge in [-0.2, -0.15) is 5.10 Å². The van der Waals surface area contributed by atoms with Gasteiger partial charge in [0, 0.05) is 11.8 Å². The molecule has 0 saturated heterocycles. The molecule has 0 fully saturated rings. The van der Waals surface area contributed by atoms with Crippen molar-refractivity contribution in [3.8, 4) is 22.6 Å². The fraction of sp³-hybridized carbons (Fsp3) is 0.308. The molecule has 0 radical (unpaired) electrons. The van der Waals surface area contributed by atoms with E-state index in [4.69, 9.17) is 15.2 Å². The molecule has 0 saturated carbocycles. The zero-order valence-electron chi connectivity index (χ0n) is 10.6. The van der Waals surface area contributed by atoms with Gasteiger partial charge in [-0.1, -0.05) is 0 Å². The van der Waals surface area contributed by atoms with Crippen molar-refractivity contribution in [1.82, 2.24) is 10.2 Å². The molecule has 0 aliphatic rings. The zero-order chi connectivity index (χ0) is 13.0. The Morgan fingerprint density at radius 1 is 1.22 bits per heavy atom. The molecule has 96 valence electrons. The van der Waals surface area contributed by atoms with E-state index in [1.54, 1.807) is 20.4 Å². The van der Waals surface area contributed by atoms with Crippen LogP contribution in [-0.2, 0) is 6.42 Å². The van der Waals surface area contributed by atoms with Crippen molar-refractivity contribution in [1.29, 1.82) is 0 Å². The highest BCUT2D eigenvalue weighted by Gasteiger charge is 2.13. The standard InChI is InChI=1S/C13H17N3O2/c1-17-12-6-10(11-7-15-16-8-11)5-9(3-4-14)13(12)18-2/h5-8H,3-4,14H2,1-2H3,(H,15,16). The van der Waals surface area contributed by atoms with Crippen LogP contribution in [0.2, 0.25) is 0 Å². The van der Waals surface area contributed by atoms with Gasteiger partial charge in [-0.05, 0) is 36.2 Å². The minimum atomic E-state index is 0.564. The van der Waals surface area contributed by atoms with Gasteiger partial charge < -0.3 is 15.2 Å². The lowest BCUT2D eigenvalue weighted by Crippen LogP contribution is -2.05. The van der Waals surface area contributed by atoms with Crippen LogP contribution in [0.25, 0.3) is 11.1 Å². The van der Waals surface area contributed by atoms with Gasteiger partial charge in [-0.3, -0.25) is 5.10 Å². The average molecular weight is 247 g/mol. The fourth-order valence-electron chi connectivity index (χ4n) is 1.96. The fourth-order valence-corrected chi connectivity index (χ4v) is 1.96. The van der Waals surface area contributed by atoms with E-state index in [1.807, 2.05) is 12.3 Å². The molecule has 1 aromatic heterocycles. The molecule has 1 heterocycles. The molecule has 0 bridgehead atoms. The van der Waals surface area contributed by atoms with E-state index in [9.17, 15) is 0 Å². The molecule has 0 atom stereocenters. The first-order valence-corrected chi connectivity index (χ1v) is 5.74. The highest BCUT2D eigenvalue weighted by Crippen LogP contribution is 2.36. The number of benzene rings is 1. The third-order valence-corrected chi connectivity index (χ3v) is 2.80. The molecule has 0 amide bonds. The van der Waals surface area contributed by atoms with Gasteiger partial charge in [0.2, 0.25) is 0 Å². The summed E-state index contributed by atoms with van der Waals surface area (Å²) in [5.74, 6) is 1.45. The van der Waals surface area contributed by atoms with Gasteiger partial charge in [0.15, 0.2) is 11.5 Å². The first-order chi connectivity index (χ1) is 8.80. The number of methoxy groups -OCH3 is 2. The van der Waals surface area contributed by atoms with Gasteiger partial charge in [-0.15, -0.1) is 0 Å². The number of aromatic amines is 1. The first kappa shape index (κ1) is 12.4. The first-order valence-electron chi connectivity index (χ1n) is 5.74. The lowest BCUT2D eigenvalue weighted by Gasteiger charge is -2.14. The number of ether oxygens (including phenoxy) is 2. The molecule has 18 heavy (non-hydrogen) atoms. The number of rotatable bonds is 5. The molecule has 5 heteroatoms. The maximum absolute atomic E-state index is 5.63. The van der Waals surface area contributed by atoms with Crippen LogP contribution in [0.4, 0.5) is 0 Å². The van der Waals surface area contributed by atoms with Crippen LogP contribution >= 0.6 is 0 Å². The quantitative estimate of drug-likeness (QED) is 0.841. The number of aromatic nitrogens is 2. The molecule has 2 rings (SSSR count). The van der Waals surface area contributed by atoms with Crippen LogP contribution in [0.1, 0.15) is 5.56 Å². The SMILES string of the molecule is COc1cc(-c2cn[nH]c2)cc(CCN)c1OC. The average Bonchev–Trinajstić information content (AvgIpc) is 2.92. The Morgan fingerprint density at radius 2 is 2.06 bits per heavy atom. The highest BCUT2D eigenvalue weighted by atomic mass is 16.5. The van der Waals surface area contributed by atoms with Gasteiger partial charge in [-0.25, -0.2) is 0 Å². The van der Waals surface area contributed by atoms with Crippen LogP contribution in [-0.4, -0.2) is 31.0 Å². The molecular formula is C13H17N3O2. The van der Waals surface area contributed by atoms with E-state index >= 15 is 0 Å². The van der Waals surface area contributed by atoms with Gasteiger partial charge in [0.05, 0.1) is 20.4 Å². The number of H-pyrrole nitrogens is 1. The number of nitrogens with one attached hydrogen (secondary N) is 1. The lowest BCUT2D eigenvalue weighted by atomic mass is 10.0. The maximum Gasteiger partial charge on any atom is 0.163 e. The van der Waals surface area contributed by atoms with E-state index in [2.05, 4.69) is 16.3 Å². The summed E-state index contributed by atoms with van der Waals surface area (Å²) in [5.41, 5.74) is 8.71. The molecule has 1 aromatic carbocycles. The largest absolute Gasteiger partial charge is 0.493 e. The number of nitrogens with two attached hydrogens (primary N) is 1. The summed E-state index contributed by atoms with van der Waals surface area (Å²) in [6.45, 7) is 0.564. The topological polar surface area (TPSA) is 73.2 Å². The normalized spacial score (nSPS) is 10.4. The summed E-state index contributed by atoms with van der Waals surface area (Å²) in [4.78, 5) is 0. The summed E-state index contributed by atoms with van der Waals surface area (Å²) < 4.78 is 10.8. The van der Waals surface area contributed by atoms with Crippen molar-refractivity contribution in [3.05, 3.63) is 30.1 Å². The molecule has 5 nitrogen and oxygen atoms in total. The molecule has 2 aromatic rings. The van der Waals surface area contributed by atoms with E-state index in [0.717, 1.165) is 28.9 Å². The Hall–Kier alpha value is -2.01. The maximum atomic E-state index is 5.63. The van der Waals surface area contributed by atoms with Crippen LogP contribution in [0.15, 0.2) is 24.5 Å². The summed E-state index contributed by atoms with van der Waals surface area (Å²) in [5, 5.41) is 6.75. The Balaban J connectivity index is 2.53. The van der Waals surface area contributed by atoms with Gasteiger partial charge in [0.1, 0.15) is 0 Å². The Labute approximate surface area is 106 Å². The van der Waals surface area contributed by atoms with Crippen molar-refractivity contribution in [2.24, 2.45) is 5.73 Å². The van der Waals surface area contributed by atoms with E-state index < -0.39 is 0 Å². The number of hydrogen-bond acceptors (Lipinski definition) is 4. The van der Waals surface area contributed by atoms with Crippen LogP contribution in [0, 0.1) is 0 Å². The van der Waals surface area contributed by atoms with Crippen molar-refractivity contribution in [2.45, 2.75) is 6.42 Å². The third kappa shape index (κ3) is 2.31. The minimum Gasteiger partial charge on any atom is -0.493 e. The molecular weight excluding hydrogens is 230 g/mol. The van der Waals surface area contributed by atoms with Gasteiger partial charge >= 0.3 is 0 Å². The van der Waals surface area contributed by atoms with Crippen LogP contribution in [0.5, 0.6) is 11.5 Å². The predicted molar refractivity (Wildman–Crippen MR) is 69.9 cm³/mol. The molecule has 0 spiro atoms. The van der Waals surface area contributed by atoms with Gasteiger partial charge in [0.25, 0.3) is 0 Å². The van der Waals surface area contributed by atoms with Crippen molar-refractivity contribution >= 4 is 0 Å². The molecule has 0 unspecified atom stereocenters. The number of hydrogen-bond donors (Lipinski definition) is 2. The molecule has 0 aliphatic carbocycles. The molecule has 0 aliphatic heterocycles. The summed E-state index contributed by atoms with van der Waals surface area (Å²) in [6.07, 6.45) is 4.35. The third-order valence-electron chi connectivity index (χ3n) is 2.80. The Bertz CT molecular complexity index is 509. The predicted octanol–water partition coefficient (Wildman–Crippen LogP) is 1.60. The van der Waals surface area contributed by atoms with E-state index in [0.29, 0.717) is 12.3 Å². The Kier molecular flexibility index (Phi) is 3.84. The van der Waals surface area contributed by atoms with Crippen molar-refractivity contribution < 1.29 is 9.47 Å². The number of nitrogens with zero attached hydrogens (tertiary/aromatic N) is 1. The summed E-state index contributed by atoms with van der Waals surface area (Å²) in [6, 6.07) is 3.99. The zero-order valence-corrected chi connectivity index (χ0v) is 10.6. The molecule has 3 N–H and O–H groups in total. The monoisotopic (exact) mass is 247 g/mol. The van der Waals surface area contributed by atoms with E-state index in [1.165, 1.54) is 0 Å². The van der Waals surface area contributed by atoms with Crippen LogP contribution in [0.3, 0.4) is 0 Å². The Morgan fingerprint density at radius 3 is 2.61 bits per heavy atom. The van der Waals surface area contributed by atoms with Crippen LogP contribution < -0.4 is 15.2 Å². The minimum absolute atomic E-state index is 0.564. The highest BCUT2D eigenvalue weighted by molar-refractivity contribution is 5.68. The van der Waals surface area contributed by atoms with Crippen molar-refractivity contribution in [3.63, 3.8) is 0 Å². The van der Waals surface area contributed by atoms with E-state index in [-0.39, 0.29) is 0 Å². The lowest BCUT2D eigenvalue weighted by molar-refractivity contribution is 0.352. The summed E-state index contributed by atoms with van der Waals surface area (Å²) in [7, 11) is 3.26. The smallest absolute Gasteiger partial charge is 0.163 e. The second-order valence-corrected chi connectivity index (χ2v) is 3.90.